The Morgan fingerprint density at radius 3 is 1.36 bits per heavy atom. The van der Waals surface area contributed by atoms with Gasteiger partial charge in [-0.25, -0.2) is 0 Å². The topological polar surface area (TPSA) is 12.0 Å². The normalized spacial score (nSPS) is 12.6. The molecule has 0 radical (unpaired) electrons. The van der Waals surface area contributed by atoms with Crippen molar-refractivity contribution in [3.63, 3.8) is 0 Å². The van der Waals surface area contributed by atoms with E-state index in [2.05, 4.69) is 212 Å². The van der Waals surface area contributed by atoms with Crippen LogP contribution in [0.25, 0.3) is 44.5 Å². The molecule has 8 aromatic carbocycles. The number of para-hydroxylation sites is 1. The van der Waals surface area contributed by atoms with Crippen LogP contribution in [0.1, 0.15) is 22.3 Å². The molecule has 1 heteroatoms. The standard InChI is InChI=1S/C49H35N/c1-5-18-35(19-6-1)42-30-17-31-43(36-20-7-2-8-21-36)48(42)50-40-27-15-22-37(34-40)41-29-16-32-45-44-28-13-14-33-46(44)49(47(41)45,38-23-9-3-10-24-38)39-25-11-4-12-26-39/h1-34,50H. The quantitative estimate of drug-likeness (QED) is 0.183. The zero-order chi connectivity index (χ0) is 33.3. The molecule has 1 nitrogen and oxygen atoms in total. The summed E-state index contributed by atoms with van der Waals surface area (Å²) in [6.45, 7) is 0. The Kier molecular flexibility index (Phi) is 7.44. The summed E-state index contributed by atoms with van der Waals surface area (Å²) < 4.78 is 0. The number of anilines is 2. The molecular formula is C49H35N. The van der Waals surface area contributed by atoms with E-state index in [0.29, 0.717) is 0 Å². The van der Waals surface area contributed by atoms with E-state index in [9.17, 15) is 0 Å². The fraction of sp³-hybridized carbons (Fsp3) is 0.0204. The van der Waals surface area contributed by atoms with Crippen molar-refractivity contribution in [3.8, 4) is 44.5 Å². The summed E-state index contributed by atoms with van der Waals surface area (Å²) in [6, 6.07) is 74.7. The molecule has 0 unspecified atom stereocenters. The second-order valence-electron chi connectivity index (χ2n) is 12.9. The molecule has 9 rings (SSSR count). The Labute approximate surface area is 294 Å². The first-order chi connectivity index (χ1) is 24.8. The van der Waals surface area contributed by atoms with Crippen molar-refractivity contribution in [1.29, 1.82) is 0 Å². The molecule has 0 aromatic heterocycles. The molecule has 1 N–H and O–H groups in total. The number of hydrogen-bond donors (Lipinski definition) is 1. The molecule has 50 heavy (non-hydrogen) atoms. The van der Waals surface area contributed by atoms with E-state index in [0.717, 1.165) is 11.4 Å². The average molecular weight is 638 g/mol. The van der Waals surface area contributed by atoms with Gasteiger partial charge in [-0.3, -0.25) is 0 Å². The molecule has 0 saturated heterocycles. The molecule has 0 fully saturated rings. The Bertz CT molecular complexity index is 2330. The van der Waals surface area contributed by atoms with Crippen molar-refractivity contribution in [1.82, 2.24) is 0 Å². The minimum atomic E-state index is -0.477. The summed E-state index contributed by atoms with van der Waals surface area (Å²) in [4.78, 5) is 0. The lowest BCUT2D eigenvalue weighted by atomic mass is 9.66. The SMILES string of the molecule is c1ccc(-c2cccc(-c3ccccc3)c2Nc2cccc(-c3cccc4c3C(c3ccccc3)(c3ccccc3)c3ccccc3-4)c2)cc1. The van der Waals surface area contributed by atoms with Gasteiger partial charge in [0.15, 0.2) is 0 Å². The third-order valence-corrected chi connectivity index (χ3v) is 10.2. The van der Waals surface area contributed by atoms with Crippen molar-refractivity contribution in [2.24, 2.45) is 0 Å². The monoisotopic (exact) mass is 637 g/mol. The van der Waals surface area contributed by atoms with Crippen LogP contribution in [0.4, 0.5) is 11.4 Å². The lowest BCUT2D eigenvalue weighted by Crippen LogP contribution is -2.29. The van der Waals surface area contributed by atoms with Crippen molar-refractivity contribution in [2.45, 2.75) is 5.41 Å². The zero-order valence-electron chi connectivity index (χ0n) is 27.6. The van der Waals surface area contributed by atoms with Crippen LogP contribution in [-0.4, -0.2) is 0 Å². The second-order valence-corrected chi connectivity index (χ2v) is 12.9. The van der Waals surface area contributed by atoms with Gasteiger partial charge in [-0.1, -0.05) is 194 Å². The number of hydrogen-bond acceptors (Lipinski definition) is 1. The van der Waals surface area contributed by atoms with Crippen LogP contribution < -0.4 is 5.32 Å². The van der Waals surface area contributed by atoms with Gasteiger partial charge in [0.05, 0.1) is 11.1 Å². The molecular weight excluding hydrogens is 603 g/mol. The van der Waals surface area contributed by atoms with E-state index >= 15 is 0 Å². The smallest absolute Gasteiger partial charge is 0.0719 e. The van der Waals surface area contributed by atoms with Crippen LogP contribution in [0.2, 0.25) is 0 Å². The lowest BCUT2D eigenvalue weighted by Gasteiger charge is -2.35. The largest absolute Gasteiger partial charge is 0.354 e. The summed E-state index contributed by atoms with van der Waals surface area (Å²) in [6.07, 6.45) is 0. The van der Waals surface area contributed by atoms with E-state index in [1.807, 2.05) is 0 Å². The predicted molar refractivity (Wildman–Crippen MR) is 210 cm³/mol. The third-order valence-electron chi connectivity index (χ3n) is 10.2. The second kappa shape index (κ2) is 12.5. The molecule has 0 heterocycles. The number of nitrogens with one attached hydrogen (secondary N) is 1. The molecule has 0 aliphatic heterocycles. The molecule has 1 aliphatic rings. The fourth-order valence-corrected chi connectivity index (χ4v) is 8.06. The number of fused-ring (bicyclic) bond motifs is 3. The van der Waals surface area contributed by atoms with Gasteiger partial charge in [0.2, 0.25) is 0 Å². The van der Waals surface area contributed by atoms with E-state index < -0.39 is 5.41 Å². The molecule has 1 aliphatic carbocycles. The van der Waals surface area contributed by atoms with Crippen LogP contribution in [0.5, 0.6) is 0 Å². The molecule has 8 aromatic rings. The lowest BCUT2D eigenvalue weighted by molar-refractivity contribution is 0.770. The highest BCUT2D eigenvalue weighted by Crippen LogP contribution is 2.58. The molecule has 0 bridgehead atoms. The first-order valence-corrected chi connectivity index (χ1v) is 17.3. The highest BCUT2D eigenvalue weighted by atomic mass is 14.9. The minimum Gasteiger partial charge on any atom is -0.354 e. The van der Waals surface area contributed by atoms with Gasteiger partial charge in [0, 0.05) is 16.8 Å². The highest BCUT2D eigenvalue weighted by Gasteiger charge is 2.47. The van der Waals surface area contributed by atoms with Crippen LogP contribution in [0.15, 0.2) is 206 Å². The van der Waals surface area contributed by atoms with Gasteiger partial charge >= 0.3 is 0 Å². The van der Waals surface area contributed by atoms with Gasteiger partial charge < -0.3 is 5.32 Å². The maximum absolute atomic E-state index is 3.92. The first-order valence-electron chi connectivity index (χ1n) is 17.3. The van der Waals surface area contributed by atoms with Crippen LogP contribution >= 0.6 is 0 Å². The van der Waals surface area contributed by atoms with Gasteiger partial charge in [0.1, 0.15) is 0 Å². The van der Waals surface area contributed by atoms with Crippen molar-refractivity contribution >= 4 is 11.4 Å². The molecule has 0 spiro atoms. The van der Waals surface area contributed by atoms with E-state index in [1.54, 1.807) is 0 Å². The fourth-order valence-electron chi connectivity index (χ4n) is 8.06. The number of benzene rings is 8. The van der Waals surface area contributed by atoms with Crippen LogP contribution in [0, 0.1) is 0 Å². The zero-order valence-corrected chi connectivity index (χ0v) is 27.6. The van der Waals surface area contributed by atoms with Gasteiger partial charge in [0.25, 0.3) is 0 Å². The van der Waals surface area contributed by atoms with Crippen molar-refractivity contribution < 1.29 is 0 Å². The average Bonchev–Trinajstić information content (AvgIpc) is 3.51. The van der Waals surface area contributed by atoms with Crippen molar-refractivity contribution in [3.05, 3.63) is 229 Å². The van der Waals surface area contributed by atoms with E-state index in [1.165, 1.54) is 66.8 Å². The van der Waals surface area contributed by atoms with Crippen LogP contribution in [0.3, 0.4) is 0 Å². The summed E-state index contributed by atoms with van der Waals surface area (Å²) >= 11 is 0. The summed E-state index contributed by atoms with van der Waals surface area (Å²) in [7, 11) is 0. The molecule has 0 amide bonds. The van der Waals surface area contributed by atoms with Crippen molar-refractivity contribution in [2.75, 3.05) is 5.32 Å². The van der Waals surface area contributed by atoms with E-state index in [-0.39, 0.29) is 0 Å². The van der Waals surface area contributed by atoms with Crippen LogP contribution in [-0.2, 0) is 5.41 Å². The third kappa shape index (κ3) is 4.86. The van der Waals surface area contributed by atoms with Gasteiger partial charge in [-0.15, -0.1) is 0 Å². The summed E-state index contributed by atoms with van der Waals surface area (Å²) in [5.41, 5.74) is 16.5. The minimum absolute atomic E-state index is 0.477. The summed E-state index contributed by atoms with van der Waals surface area (Å²) in [5, 5.41) is 3.92. The predicted octanol–water partition coefficient (Wildman–Crippen LogP) is 12.8. The maximum atomic E-state index is 3.92. The Balaban J connectivity index is 1.25. The maximum Gasteiger partial charge on any atom is 0.0719 e. The van der Waals surface area contributed by atoms with E-state index in [4.69, 9.17) is 0 Å². The molecule has 0 atom stereocenters. The number of rotatable bonds is 7. The molecule has 236 valence electrons. The summed E-state index contributed by atoms with van der Waals surface area (Å²) in [5.74, 6) is 0. The Morgan fingerprint density at radius 1 is 0.320 bits per heavy atom. The highest BCUT2D eigenvalue weighted by molar-refractivity contribution is 5.95. The molecule has 0 saturated carbocycles. The first kappa shape index (κ1) is 29.7. The Hall–Kier alpha value is -6.44. The van der Waals surface area contributed by atoms with Gasteiger partial charge in [-0.05, 0) is 67.8 Å². The Morgan fingerprint density at radius 2 is 0.760 bits per heavy atom. The van der Waals surface area contributed by atoms with Gasteiger partial charge in [-0.2, -0.15) is 0 Å².